The molecule has 2 rings (SSSR count). The van der Waals surface area contributed by atoms with E-state index >= 15 is 0 Å². The van der Waals surface area contributed by atoms with Crippen LogP contribution in [0.3, 0.4) is 0 Å². The lowest BCUT2D eigenvalue weighted by atomic mass is 9.93. The van der Waals surface area contributed by atoms with E-state index in [1.54, 1.807) is 6.07 Å². The highest BCUT2D eigenvalue weighted by Crippen LogP contribution is 2.22. The summed E-state index contributed by atoms with van der Waals surface area (Å²) >= 11 is 0. The van der Waals surface area contributed by atoms with Crippen molar-refractivity contribution in [2.45, 2.75) is 25.8 Å². The van der Waals surface area contributed by atoms with Gasteiger partial charge in [-0.3, -0.25) is 4.90 Å². The molecular formula is C14H21FN2O. The van der Waals surface area contributed by atoms with Crippen molar-refractivity contribution in [2.75, 3.05) is 19.6 Å². The fraction of sp³-hybridized carbons (Fsp3) is 0.571. The number of likely N-dealkylation sites (tertiary alicyclic amines) is 1. The molecule has 1 heterocycles. The summed E-state index contributed by atoms with van der Waals surface area (Å²) in [7, 11) is 0. The molecule has 0 saturated carbocycles. The second kappa shape index (κ2) is 6.16. The number of halogens is 1. The van der Waals surface area contributed by atoms with Crippen LogP contribution in [-0.2, 0) is 6.54 Å². The third-order valence-corrected chi connectivity index (χ3v) is 3.70. The summed E-state index contributed by atoms with van der Waals surface area (Å²) in [6, 6.07) is 4.62. The molecule has 0 radical (unpaired) electrons. The Balaban J connectivity index is 1.85. The number of nitrogens with zero attached hydrogens (tertiary/aromatic N) is 1. The summed E-state index contributed by atoms with van der Waals surface area (Å²) in [6.45, 7) is 3.63. The van der Waals surface area contributed by atoms with Gasteiger partial charge in [0.25, 0.3) is 0 Å². The van der Waals surface area contributed by atoms with Gasteiger partial charge in [0.2, 0.25) is 0 Å². The third-order valence-electron chi connectivity index (χ3n) is 3.70. The van der Waals surface area contributed by atoms with Gasteiger partial charge in [-0.2, -0.15) is 0 Å². The van der Waals surface area contributed by atoms with E-state index in [-0.39, 0.29) is 5.75 Å². The minimum absolute atomic E-state index is 0.277. The number of hydrogen-bond acceptors (Lipinski definition) is 3. The Morgan fingerprint density at radius 2 is 2.06 bits per heavy atom. The molecule has 18 heavy (non-hydrogen) atoms. The summed E-state index contributed by atoms with van der Waals surface area (Å²) in [5.41, 5.74) is 6.49. The molecular weight excluding hydrogens is 231 g/mol. The Morgan fingerprint density at radius 1 is 1.33 bits per heavy atom. The van der Waals surface area contributed by atoms with Crippen molar-refractivity contribution >= 4 is 0 Å². The van der Waals surface area contributed by atoms with E-state index in [2.05, 4.69) is 4.90 Å². The van der Waals surface area contributed by atoms with E-state index < -0.39 is 5.82 Å². The van der Waals surface area contributed by atoms with Gasteiger partial charge in [0.05, 0.1) is 0 Å². The molecule has 0 aromatic heterocycles. The molecule has 1 saturated heterocycles. The fourth-order valence-corrected chi connectivity index (χ4v) is 2.58. The predicted molar refractivity (Wildman–Crippen MR) is 69.7 cm³/mol. The van der Waals surface area contributed by atoms with Crippen molar-refractivity contribution < 1.29 is 9.50 Å². The van der Waals surface area contributed by atoms with Crippen LogP contribution in [0.1, 0.15) is 24.8 Å². The third kappa shape index (κ3) is 3.43. The molecule has 0 amide bonds. The van der Waals surface area contributed by atoms with Crippen molar-refractivity contribution in [1.82, 2.24) is 4.90 Å². The Labute approximate surface area is 107 Å². The van der Waals surface area contributed by atoms with Crippen LogP contribution in [0.25, 0.3) is 0 Å². The molecule has 1 aliphatic rings. The van der Waals surface area contributed by atoms with Crippen LogP contribution < -0.4 is 5.73 Å². The van der Waals surface area contributed by atoms with Crippen molar-refractivity contribution in [2.24, 2.45) is 11.7 Å². The van der Waals surface area contributed by atoms with Gasteiger partial charge in [-0.05, 0) is 62.5 Å². The number of rotatable bonds is 4. The molecule has 0 bridgehead atoms. The van der Waals surface area contributed by atoms with Crippen LogP contribution in [0, 0.1) is 11.7 Å². The highest BCUT2D eigenvalue weighted by Gasteiger charge is 2.18. The quantitative estimate of drug-likeness (QED) is 0.862. The summed E-state index contributed by atoms with van der Waals surface area (Å²) in [6.07, 6.45) is 3.47. The largest absolute Gasteiger partial charge is 0.505 e. The monoisotopic (exact) mass is 252 g/mol. The van der Waals surface area contributed by atoms with Crippen molar-refractivity contribution in [3.05, 3.63) is 29.6 Å². The van der Waals surface area contributed by atoms with Gasteiger partial charge < -0.3 is 10.8 Å². The zero-order valence-corrected chi connectivity index (χ0v) is 10.6. The molecule has 1 fully saturated rings. The first-order valence-corrected chi connectivity index (χ1v) is 6.59. The Morgan fingerprint density at radius 3 is 2.67 bits per heavy atom. The Kier molecular flexibility index (Phi) is 4.55. The van der Waals surface area contributed by atoms with E-state index in [4.69, 9.17) is 10.8 Å². The molecule has 3 nitrogen and oxygen atoms in total. The smallest absolute Gasteiger partial charge is 0.165 e. The molecule has 0 aliphatic carbocycles. The van der Waals surface area contributed by atoms with E-state index in [0.717, 1.165) is 44.1 Å². The summed E-state index contributed by atoms with van der Waals surface area (Å²) in [5, 5.41) is 9.14. The summed E-state index contributed by atoms with van der Waals surface area (Å²) in [4.78, 5) is 2.33. The predicted octanol–water partition coefficient (Wildman–Crippen LogP) is 2.09. The molecule has 3 N–H and O–H groups in total. The van der Waals surface area contributed by atoms with Gasteiger partial charge >= 0.3 is 0 Å². The van der Waals surface area contributed by atoms with Crippen molar-refractivity contribution in [3.8, 4) is 5.75 Å². The second-order valence-corrected chi connectivity index (χ2v) is 5.08. The number of phenols is 1. The lowest BCUT2D eigenvalue weighted by Crippen LogP contribution is -2.33. The maximum absolute atomic E-state index is 13.2. The van der Waals surface area contributed by atoms with Crippen LogP contribution in [0.2, 0.25) is 0 Å². The van der Waals surface area contributed by atoms with Gasteiger partial charge in [-0.15, -0.1) is 0 Å². The van der Waals surface area contributed by atoms with Crippen molar-refractivity contribution in [1.29, 1.82) is 0 Å². The van der Waals surface area contributed by atoms with Crippen LogP contribution >= 0.6 is 0 Å². The normalized spacial score (nSPS) is 18.1. The van der Waals surface area contributed by atoms with Gasteiger partial charge in [-0.25, -0.2) is 4.39 Å². The van der Waals surface area contributed by atoms with Gasteiger partial charge in [0.15, 0.2) is 11.6 Å². The summed E-state index contributed by atoms with van der Waals surface area (Å²) in [5.74, 6) is -0.0614. The number of benzene rings is 1. The SMILES string of the molecule is NCCC1CCN(Cc2ccc(O)c(F)c2)CC1. The molecule has 1 aromatic carbocycles. The van der Waals surface area contributed by atoms with E-state index in [9.17, 15) is 4.39 Å². The molecule has 0 atom stereocenters. The zero-order chi connectivity index (χ0) is 13.0. The van der Waals surface area contributed by atoms with Gasteiger partial charge in [0.1, 0.15) is 0 Å². The topological polar surface area (TPSA) is 49.5 Å². The lowest BCUT2D eigenvalue weighted by Gasteiger charge is -2.31. The average molecular weight is 252 g/mol. The molecule has 0 spiro atoms. The number of hydrogen-bond donors (Lipinski definition) is 2. The second-order valence-electron chi connectivity index (χ2n) is 5.08. The maximum Gasteiger partial charge on any atom is 0.165 e. The fourth-order valence-electron chi connectivity index (χ4n) is 2.58. The zero-order valence-electron chi connectivity index (χ0n) is 10.6. The molecule has 1 aliphatic heterocycles. The van der Waals surface area contributed by atoms with Gasteiger partial charge in [-0.1, -0.05) is 6.07 Å². The average Bonchev–Trinajstić information content (AvgIpc) is 2.37. The Hall–Kier alpha value is -1.13. The van der Waals surface area contributed by atoms with Crippen LogP contribution in [0.4, 0.5) is 4.39 Å². The molecule has 100 valence electrons. The van der Waals surface area contributed by atoms with Crippen LogP contribution in [0.5, 0.6) is 5.75 Å². The van der Waals surface area contributed by atoms with Crippen molar-refractivity contribution in [3.63, 3.8) is 0 Å². The lowest BCUT2D eigenvalue weighted by molar-refractivity contribution is 0.173. The first kappa shape index (κ1) is 13.3. The number of phenolic OH excluding ortho intramolecular Hbond substituents is 1. The minimum Gasteiger partial charge on any atom is -0.505 e. The van der Waals surface area contributed by atoms with Gasteiger partial charge in [0, 0.05) is 6.54 Å². The number of piperidine rings is 1. The molecule has 1 aromatic rings. The molecule has 4 heteroatoms. The highest BCUT2D eigenvalue weighted by molar-refractivity contribution is 5.27. The van der Waals surface area contributed by atoms with E-state index in [1.165, 1.54) is 25.0 Å². The standard InChI is InChI=1S/C14H21FN2O/c15-13-9-12(1-2-14(13)18)10-17-7-4-11(3-6-16)5-8-17/h1-2,9,11,18H,3-8,10,16H2. The van der Waals surface area contributed by atoms with E-state index in [1.807, 2.05) is 0 Å². The summed E-state index contributed by atoms with van der Waals surface area (Å²) < 4.78 is 13.2. The van der Waals surface area contributed by atoms with E-state index in [0.29, 0.717) is 0 Å². The maximum atomic E-state index is 13.2. The first-order chi connectivity index (χ1) is 8.69. The number of nitrogens with two attached hydrogens (primary N) is 1. The Bertz CT molecular complexity index is 389. The highest BCUT2D eigenvalue weighted by atomic mass is 19.1. The number of aromatic hydroxyl groups is 1. The molecule has 0 unspecified atom stereocenters. The minimum atomic E-state index is -0.537. The first-order valence-electron chi connectivity index (χ1n) is 6.59. The van der Waals surface area contributed by atoms with Crippen LogP contribution in [0.15, 0.2) is 18.2 Å². The van der Waals surface area contributed by atoms with Crippen LogP contribution in [-0.4, -0.2) is 29.6 Å².